The van der Waals surface area contributed by atoms with Gasteiger partial charge in [0.1, 0.15) is 0 Å². The van der Waals surface area contributed by atoms with Gasteiger partial charge in [-0.05, 0) is 72.6 Å². The molecular weight excluding hydrogens is 320 g/mol. The predicted molar refractivity (Wildman–Crippen MR) is 93.0 cm³/mol. The third-order valence-corrected chi connectivity index (χ3v) is 4.88. The maximum atomic E-state index is 11.4. The van der Waals surface area contributed by atoms with Crippen LogP contribution in [-0.2, 0) is 0 Å². The number of carboxylic acid groups (broad SMARTS) is 2. The maximum absolute atomic E-state index is 11.4. The smallest absolute Gasteiger partial charge is 0.335 e. The van der Waals surface area contributed by atoms with Crippen molar-refractivity contribution in [2.75, 3.05) is 0 Å². The van der Waals surface area contributed by atoms with Crippen LogP contribution < -0.4 is 0 Å². The highest BCUT2D eigenvalue weighted by Gasteiger charge is 2.24. The fraction of sp³-hybridized carbons (Fsp3) is 0.300. The minimum Gasteiger partial charge on any atom is -0.478 e. The van der Waals surface area contributed by atoms with Crippen LogP contribution in [-0.4, -0.2) is 33.4 Å². The number of benzene rings is 2. The molecular formula is C20H20O5. The van der Waals surface area contributed by atoms with Crippen molar-refractivity contribution >= 4 is 11.9 Å². The molecule has 0 unspecified atom stereocenters. The molecule has 3 rings (SSSR count). The quantitative estimate of drug-likeness (QED) is 0.787. The van der Waals surface area contributed by atoms with Crippen molar-refractivity contribution < 1.29 is 24.9 Å². The van der Waals surface area contributed by atoms with Crippen molar-refractivity contribution in [2.45, 2.75) is 37.7 Å². The minimum absolute atomic E-state index is 0.192. The largest absolute Gasteiger partial charge is 0.478 e. The monoisotopic (exact) mass is 340 g/mol. The van der Waals surface area contributed by atoms with Crippen LogP contribution in [0.4, 0.5) is 0 Å². The molecule has 5 heteroatoms. The third kappa shape index (κ3) is 3.72. The van der Waals surface area contributed by atoms with Gasteiger partial charge in [-0.2, -0.15) is 0 Å². The fourth-order valence-corrected chi connectivity index (χ4v) is 3.48. The van der Waals surface area contributed by atoms with Gasteiger partial charge in [0.2, 0.25) is 0 Å². The first kappa shape index (κ1) is 17.2. The molecule has 2 aromatic rings. The van der Waals surface area contributed by atoms with Gasteiger partial charge in [-0.15, -0.1) is 0 Å². The summed E-state index contributed by atoms with van der Waals surface area (Å²) >= 11 is 0. The van der Waals surface area contributed by atoms with Crippen LogP contribution >= 0.6 is 0 Å². The second-order valence-corrected chi connectivity index (χ2v) is 6.50. The molecule has 0 bridgehead atoms. The number of aromatic carboxylic acids is 2. The number of carboxylic acids is 2. The standard InChI is InChI=1S/C20H20O5/c21-16-8-5-13(6-9-16)18-11-15(20(24)25)7-10-17(18)12-1-3-14(4-2-12)19(22)23/h1-4,7,10-11,13,16,21H,5-6,8-9H2,(H,22,23)(H,24,25). The second kappa shape index (κ2) is 7.07. The van der Waals surface area contributed by atoms with Gasteiger partial charge in [0.15, 0.2) is 0 Å². The molecule has 3 N–H and O–H groups in total. The lowest BCUT2D eigenvalue weighted by atomic mass is 9.79. The molecule has 0 amide bonds. The van der Waals surface area contributed by atoms with Gasteiger partial charge in [0.05, 0.1) is 17.2 Å². The average Bonchev–Trinajstić information content (AvgIpc) is 2.62. The highest BCUT2D eigenvalue weighted by Crippen LogP contribution is 2.38. The highest BCUT2D eigenvalue weighted by molar-refractivity contribution is 5.90. The van der Waals surface area contributed by atoms with Gasteiger partial charge < -0.3 is 15.3 Å². The summed E-state index contributed by atoms with van der Waals surface area (Å²) < 4.78 is 0. The first-order valence-corrected chi connectivity index (χ1v) is 8.34. The summed E-state index contributed by atoms with van der Waals surface area (Å²) in [5, 5.41) is 28.1. The maximum Gasteiger partial charge on any atom is 0.335 e. The number of aliphatic hydroxyl groups excluding tert-OH is 1. The summed E-state index contributed by atoms with van der Waals surface area (Å²) in [6, 6.07) is 11.7. The van der Waals surface area contributed by atoms with Gasteiger partial charge in [-0.1, -0.05) is 18.2 Å². The molecule has 130 valence electrons. The Labute approximate surface area is 145 Å². The lowest BCUT2D eigenvalue weighted by Gasteiger charge is -2.27. The summed E-state index contributed by atoms with van der Waals surface area (Å²) in [7, 11) is 0. The second-order valence-electron chi connectivity index (χ2n) is 6.50. The summed E-state index contributed by atoms with van der Waals surface area (Å²) in [6.45, 7) is 0. The van der Waals surface area contributed by atoms with E-state index in [0.717, 1.165) is 29.5 Å². The van der Waals surface area contributed by atoms with E-state index in [0.29, 0.717) is 12.8 Å². The summed E-state index contributed by atoms with van der Waals surface area (Å²) in [5.41, 5.74) is 3.20. The molecule has 1 saturated carbocycles. The molecule has 0 atom stereocenters. The average molecular weight is 340 g/mol. The zero-order valence-corrected chi connectivity index (χ0v) is 13.7. The minimum atomic E-state index is -0.978. The molecule has 25 heavy (non-hydrogen) atoms. The first-order valence-electron chi connectivity index (χ1n) is 8.34. The summed E-state index contributed by atoms with van der Waals surface area (Å²) in [5.74, 6) is -1.75. The molecule has 0 spiro atoms. The van der Waals surface area contributed by atoms with E-state index in [1.165, 1.54) is 0 Å². The zero-order chi connectivity index (χ0) is 18.0. The van der Waals surface area contributed by atoms with Crippen LogP contribution in [0.5, 0.6) is 0 Å². The number of hydrogen-bond acceptors (Lipinski definition) is 3. The molecule has 5 nitrogen and oxygen atoms in total. The Kier molecular flexibility index (Phi) is 4.86. The Hall–Kier alpha value is -2.66. The van der Waals surface area contributed by atoms with Crippen LogP contribution in [0.15, 0.2) is 42.5 Å². The third-order valence-electron chi connectivity index (χ3n) is 4.88. The van der Waals surface area contributed by atoms with E-state index < -0.39 is 11.9 Å². The number of aliphatic hydroxyl groups is 1. The number of hydrogen-bond donors (Lipinski definition) is 3. The van der Waals surface area contributed by atoms with Crippen LogP contribution in [0.25, 0.3) is 11.1 Å². The van der Waals surface area contributed by atoms with E-state index in [-0.39, 0.29) is 23.1 Å². The Morgan fingerprint density at radius 1 is 0.800 bits per heavy atom. The van der Waals surface area contributed by atoms with Gasteiger partial charge in [0, 0.05) is 0 Å². The fourth-order valence-electron chi connectivity index (χ4n) is 3.48. The van der Waals surface area contributed by atoms with Gasteiger partial charge >= 0.3 is 11.9 Å². The Morgan fingerprint density at radius 2 is 1.36 bits per heavy atom. The van der Waals surface area contributed by atoms with Crippen molar-refractivity contribution in [3.05, 3.63) is 59.2 Å². The predicted octanol–water partition coefficient (Wildman–Crippen LogP) is 3.77. The molecule has 0 saturated heterocycles. The lowest BCUT2D eigenvalue weighted by Crippen LogP contribution is -2.17. The molecule has 0 aliphatic heterocycles. The van der Waals surface area contributed by atoms with Crippen molar-refractivity contribution in [1.82, 2.24) is 0 Å². The van der Waals surface area contributed by atoms with Gasteiger partial charge in [0.25, 0.3) is 0 Å². The van der Waals surface area contributed by atoms with Crippen molar-refractivity contribution in [3.63, 3.8) is 0 Å². The van der Waals surface area contributed by atoms with Crippen LogP contribution in [0.1, 0.15) is 57.9 Å². The molecule has 1 fully saturated rings. The molecule has 0 aromatic heterocycles. The van der Waals surface area contributed by atoms with Crippen molar-refractivity contribution in [1.29, 1.82) is 0 Å². The highest BCUT2D eigenvalue weighted by atomic mass is 16.4. The van der Waals surface area contributed by atoms with Crippen LogP contribution in [0, 0.1) is 0 Å². The molecule has 0 radical (unpaired) electrons. The van der Waals surface area contributed by atoms with Crippen LogP contribution in [0.2, 0.25) is 0 Å². The van der Waals surface area contributed by atoms with E-state index in [1.807, 2.05) is 0 Å². The van der Waals surface area contributed by atoms with Crippen molar-refractivity contribution in [3.8, 4) is 11.1 Å². The van der Waals surface area contributed by atoms with E-state index >= 15 is 0 Å². The van der Waals surface area contributed by atoms with Crippen molar-refractivity contribution in [2.24, 2.45) is 0 Å². The van der Waals surface area contributed by atoms with E-state index in [9.17, 15) is 19.8 Å². The van der Waals surface area contributed by atoms with E-state index in [4.69, 9.17) is 5.11 Å². The van der Waals surface area contributed by atoms with E-state index in [1.54, 1.807) is 42.5 Å². The Balaban J connectivity index is 2.02. The molecule has 2 aromatic carbocycles. The summed E-state index contributed by atoms with van der Waals surface area (Å²) in [6.07, 6.45) is 2.75. The normalized spacial score (nSPS) is 20.2. The van der Waals surface area contributed by atoms with E-state index in [2.05, 4.69) is 0 Å². The van der Waals surface area contributed by atoms with Gasteiger partial charge in [-0.25, -0.2) is 9.59 Å². The molecule has 1 aliphatic carbocycles. The number of rotatable bonds is 4. The number of carbonyl (C=O) groups is 2. The molecule has 1 aliphatic rings. The Morgan fingerprint density at radius 3 is 1.92 bits per heavy atom. The SMILES string of the molecule is O=C(O)c1ccc(-c2ccc(C(=O)O)cc2C2CCC(O)CC2)cc1. The molecule has 0 heterocycles. The van der Waals surface area contributed by atoms with Gasteiger partial charge in [-0.3, -0.25) is 0 Å². The van der Waals surface area contributed by atoms with Crippen LogP contribution in [0.3, 0.4) is 0 Å². The zero-order valence-electron chi connectivity index (χ0n) is 13.7. The topological polar surface area (TPSA) is 94.8 Å². The Bertz CT molecular complexity index is 786. The summed E-state index contributed by atoms with van der Waals surface area (Å²) in [4.78, 5) is 22.4. The first-order chi connectivity index (χ1) is 12.0. The lowest BCUT2D eigenvalue weighted by molar-refractivity contribution is 0.0686.